The number of likely N-dealkylation sites (tertiary alicyclic amines) is 3. The highest BCUT2D eigenvalue weighted by Crippen LogP contribution is 2.39. The SMILES string of the molecule is C=CC(=O)Cl.C=CC(=O)N1CC[C@H](Oc2cc(-c3ccc(O)c(Cl)c3)cc3n[nH]c(C)c23)C1.CC(C)(C)OC(=O)N1CC[C@H](O)C1.Cc1[nH]nc2cc(Br)cc(O[C@H]3CCN(C(=O)OC(C)(C)C)C3)c12.Cc1nn(C2CCCCO2)c2cc(Br)cc(F)c12.O[B]Oc1ccc(O)c(Cl)c1. The molecule has 531 valence electrons. The highest BCUT2D eigenvalue weighted by molar-refractivity contribution is 9.10. The third-order valence-electron chi connectivity index (χ3n) is 15.3. The fraction of sp³-hybridized carbons (Fsp3) is 0.406. The molecule has 0 bridgehead atoms. The van der Waals surface area contributed by atoms with Crippen molar-refractivity contribution in [3.05, 3.63) is 140 Å². The van der Waals surface area contributed by atoms with Crippen molar-refractivity contribution in [3.63, 3.8) is 0 Å². The van der Waals surface area contributed by atoms with Crippen LogP contribution in [0.25, 0.3) is 43.8 Å². The van der Waals surface area contributed by atoms with Crippen molar-refractivity contribution in [3.8, 4) is 39.9 Å². The van der Waals surface area contributed by atoms with Crippen LogP contribution in [0.4, 0.5) is 14.0 Å². The lowest BCUT2D eigenvalue weighted by Crippen LogP contribution is -2.36. The predicted molar refractivity (Wildman–Crippen MR) is 386 cm³/mol. The van der Waals surface area contributed by atoms with Crippen LogP contribution in [0.1, 0.15) is 103 Å². The van der Waals surface area contributed by atoms with Gasteiger partial charge in [-0.15, -0.1) is 0 Å². The number of nitrogens with zero attached hydrogens (tertiary/aromatic N) is 7. The Hall–Kier alpha value is -7.63. The number of carbonyl (C=O) groups is 4. The van der Waals surface area contributed by atoms with Gasteiger partial charge >= 0.3 is 19.9 Å². The van der Waals surface area contributed by atoms with Crippen molar-refractivity contribution in [2.75, 3.05) is 45.9 Å². The summed E-state index contributed by atoms with van der Waals surface area (Å²) in [5.41, 5.74) is 5.83. The van der Waals surface area contributed by atoms with Crippen molar-refractivity contribution >= 4 is 130 Å². The highest BCUT2D eigenvalue weighted by atomic mass is 79.9. The quantitative estimate of drug-likeness (QED) is 0.0421. The number of allylic oxidation sites excluding steroid dienone is 1. The second-order valence-corrected chi connectivity index (χ2v) is 28.4. The standard InChI is InChI=1S/C21H20ClN3O3.C17H22BrN3O3.C13H14BrFN2O.C9H17NO3.C6H5BClO3.C3H3ClO/c1-3-20(27)25-7-6-15(11-25)28-19-10-14(9-17-21(19)12(2)23-24-17)13-4-5-18(26)16(22)8-13;1-10-15-13(20-19-10)7-11(18)8-14(15)23-12-5-6-21(9-12)16(22)24-17(2,3)4;1-8-13-10(15)6-9(14)7-11(13)17(16-8)12-4-2-3-5-18-12;1-9(2,3)13-8(12)10-5-4-7(11)6-10;8-5-3-4(11-7-10)1-2-6(5)9;1-2-3(4)5/h3-5,8-10,15,26H,1,6-7,11H2,2H3,(H,23,24);7-8,12H,5-6,9H2,1-4H3,(H,19,20);6-7,12H,2-5H2,1H3;7,11H,4-6H2,1-3H3;1-3,9-10H;2H,1H2/t15-;12-;;7-;;/m00.0../s1. The Morgan fingerprint density at radius 1 is 0.687 bits per heavy atom. The number of carbonyl (C=O) groups excluding carboxylic acids is 4. The molecule has 12 rings (SSSR count). The fourth-order valence-corrected chi connectivity index (χ4v) is 11.9. The number of β-amino-alcohol motifs (C(OH)–C–C–N with tert-alkyl or cyclic N) is 1. The lowest BCUT2D eigenvalue weighted by molar-refractivity contribution is -0.125. The molecule has 3 amide bonds. The molecule has 5 aromatic carbocycles. The molecule has 99 heavy (non-hydrogen) atoms. The molecule has 3 aromatic heterocycles. The predicted octanol–water partition coefficient (Wildman–Crippen LogP) is 14.9. The minimum absolute atomic E-state index is 0.0167. The van der Waals surface area contributed by atoms with Crippen LogP contribution in [0.3, 0.4) is 0 Å². The largest absolute Gasteiger partial charge is 0.569 e. The van der Waals surface area contributed by atoms with Gasteiger partial charge in [0.2, 0.25) is 11.1 Å². The summed E-state index contributed by atoms with van der Waals surface area (Å²) >= 11 is 23.1. The van der Waals surface area contributed by atoms with Crippen LogP contribution in [-0.2, 0) is 23.8 Å². The Kier molecular flexibility index (Phi) is 28.3. The summed E-state index contributed by atoms with van der Waals surface area (Å²) in [6.45, 7) is 27.6. The number of benzene rings is 5. The van der Waals surface area contributed by atoms with E-state index in [1.54, 1.807) is 28.0 Å². The third-order valence-corrected chi connectivity index (χ3v) is 16.9. The molecule has 6 N–H and O–H groups in total. The molecule has 1 unspecified atom stereocenters. The number of phenols is 2. The molecule has 8 aromatic rings. The van der Waals surface area contributed by atoms with E-state index in [0.717, 1.165) is 109 Å². The number of aliphatic hydroxyl groups is 1. The molecule has 30 heteroatoms. The van der Waals surface area contributed by atoms with Crippen LogP contribution in [0, 0.1) is 26.6 Å². The van der Waals surface area contributed by atoms with Gasteiger partial charge in [0, 0.05) is 72.0 Å². The van der Waals surface area contributed by atoms with Crippen molar-refractivity contribution in [1.29, 1.82) is 0 Å². The van der Waals surface area contributed by atoms with Crippen LogP contribution >= 0.6 is 66.7 Å². The van der Waals surface area contributed by atoms with E-state index in [9.17, 15) is 33.8 Å². The van der Waals surface area contributed by atoms with Crippen LogP contribution in [0.5, 0.6) is 28.7 Å². The average molecular weight is 1560 g/mol. The van der Waals surface area contributed by atoms with Gasteiger partial charge in [-0.3, -0.25) is 19.8 Å². The van der Waals surface area contributed by atoms with Gasteiger partial charge in [0.15, 0.2) is 6.23 Å². The molecule has 4 aliphatic rings. The molecule has 23 nitrogen and oxygen atoms in total. The zero-order chi connectivity index (χ0) is 72.6. The summed E-state index contributed by atoms with van der Waals surface area (Å²) in [7, 11) is 0.544. The van der Waals surface area contributed by atoms with Gasteiger partial charge in [-0.1, -0.05) is 74.3 Å². The first-order valence-electron chi connectivity index (χ1n) is 31.6. The summed E-state index contributed by atoms with van der Waals surface area (Å²) < 4.78 is 50.8. The molecule has 7 heterocycles. The molecule has 0 aliphatic carbocycles. The average Bonchev–Trinajstić information content (AvgIpc) is 1.70. The Labute approximate surface area is 606 Å². The number of H-pyrrole nitrogens is 2. The number of aliphatic hydroxyl groups excluding tert-OH is 1. The minimum Gasteiger partial charge on any atom is -0.537 e. The van der Waals surface area contributed by atoms with E-state index in [4.69, 9.17) is 68.6 Å². The van der Waals surface area contributed by atoms with Crippen molar-refractivity contribution < 1.29 is 72.3 Å². The normalized spacial score (nSPS) is 17.2. The molecular weight excluding hydrogens is 1470 g/mol. The zero-order valence-corrected chi connectivity index (χ0v) is 61.8. The van der Waals surface area contributed by atoms with Gasteiger partial charge in [0.1, 0.15) is 58.0 Å². The minimum atomic E-state index is -0.509. The number of aromatic nitrogens is 6. The van der Waals surface area contributed by atoms with E-state index in [1.807, 2.05) is 97.3 Å². The number of rotatable bonds is 10. The second-order valence-electron chi connectivity index (χ2n) is 25.3. The van der Waals surface area contributed by atoms with E-state index < -0.39 is 16.4 Å². The summed E-state index contributed by atoms with van der Waals surface area (Å²) in [4.78, 5) is 49.8. The Bertz CT molecular complexity index is 4160. The summed E-state index contributed by atoms with van der Waals surface area (Å²) in [6, 6.07) is 20.5. The van der Waals surface area contributed by atoms with E-state index in [0.29, 0.717) is 76.0 Å². The van der Waals surface area contributed by atoms with E-state index in [2.05, 4.69) is 75.2 Å². The smallest absolute Gasteiger partial charge is 0.537 e. The topological polar surface area (TPSA) is 289 Å². The van der Waals surface area contributed by atoms with Crippen molar-refractivity contribution in [2.24, 2.45) is 0 Å². The molecule has 0 saturated carbocycles. The molecule has 4 aliphatic heterocycles. The van der Waals surface area contributed by atoms with Crippen LogP contribution in [0.15, 0.2) is 107 Å². The number of halogens is 6. The number of aryl methyl sites for hydroxylation is 3. The first-order valence-corrected chi connectivity index (χ1v) is 34.4. The zero-order valence-electron chi connectivity index (χ0n) is 56.3. The maximum absolute atomic E-state index is 14.0. The lowest BCUT2D eigenvalue weighted by Gasteiger charge is -2.24. The number of hydrogen-bond acceptors (Lipinski definition) is 17. The Morgan fingerprint density at radius 2 is 1.22 bits per heavy atom. The number of ether oxygens (including phenoxy) is 5. The summed E-state index contributed by atoms with van der Waals surface area (Å²) in [5.74, 6) is 1.56. The maximum Gasteiger partial charge on any atom is 0.569 e. The van der Waals surface area contributed by atoms with E-state index in [1.165, 1.54) is 35.2 Å². The molecule has 1 radical (unpaired) electrons. The van der Waals surface area contributed by atoms with Crippen LogP contribution in [-0.4, -0.2) is 172 Å². The number of phenolic OH excluding ortho intramolecular Hbond substituents is 2. The molecule has 4 atom stereocenters. The van der Waals surface area contributed by atoms with Gasteiger partial charge in [-0.2, -0.15) is 15.3 Å². The number of aromatic amines is 2. The first-order chi connectivity index (χ1) is 46.7. The van der Waals surface area contributed by atoms with Crippen LogP contribution < -0.4 is 14.1 Å². The van der Waals surface area contributed by atoms with Crippen LogP contribution in [0.2, 0.25) is 10.0 Å². The lowest BCUT2D eigenvalue weighted by atomic mass is 10.0. The number of amides is 3. The van der Waals surface area contributed by atoms with Gasteiger partial charge < -0.3 is 63.4 Å². The fourth-order valence-electron chi connectivity index (χ4n) is 10.7. The van der Waals surface area contributed by atoms with Crippen molar-refractivity contribution in [1.82, 2.24) is 44.9 Å². The van der Waals surface area contributed by atoms with E-state index >= 15 is 0 Å². The Morgan fingerprint density at radius 3 is 1.75 bits per heavy atom. The third kappa shape index (κ3) is 22.7. The van der Waals surface area contributed by atoms with Crippen molar-refractivity contribution in [2.45, 2.75) is 137 Å². The molecular formula is C69H81BBr2Cl3FN9O14. The van der Waals surface area contributed by atoms with E-state index in [-0.39, 0.29) is 70.0 Å². The first kappa shape index (κ1) is 78.7. The second kappa shape index (κ2) is 35.6. The summed E-state index contributed by atoms with van der Waals surface area (Å²) in [5, 5.41) is 57.6. The monoisotopic (exact) mass is 1550 g/mol. The van der Waals surface area contributed by atoms with Gasteiger partial charge in [-0.25, -0.2) is 18.7 Å². The van der Waals surface area contributed by atoms with Gasteiger partial charge in [0.05, 0.1) is 67.6 Å². The van der Waals surface area contributed by atoms with Gasteiger partial charge in [-0.05, 0) is 184 Å². The number of nitrogens with one attached hydrogen (secondary N) is 2. The number of hydrogen-bond donors (Lipinski definition) is 6. The maximum atomic E-state index is 14.0. The number of fused-ring (bicyclic) bond motifs is 3. The Balaban J connectivity index is 0.000000177. The molecule has 4 fully saturated rings. The highest BCUT2D eigenvalue weighted by Gasteiger charge is 2.33. The molecule has 4 saturated heterocycles. The number of aromatic hydroxyl groups is 2. The summed E-state index contributed by atoms with van der Waals surface area (Å²) in [6.07, 6.45) is 6.50. The molecule has 0 spiro atoms. The van der Waals surface area contributed by atoms with Gasteiger partial charge in [0.25, 0.3) is 0 Å².